The number of halogens is 2. The number of hydrogen-bond donors (Lipinski definition) is 1. The highest BCUT2D eigenvalue weighted by Gasteiger charge is 2.29. The van der Waals surface area contributed by atoms with E-state index in [1.165, 1.54) is 18.6 Å². The Balaban J connectivity index is 2.05. The van der Waals surface area contributed by atoms with Gasteiger partial charge in [-0.15, -0.1) is 0 Å². The van der Waals surface area contributed by atoms with Gasteiger partial charge in [0.05, 0.1) is 0 Å². The lowest BCUT2D eigenvalue weighted by atomic mass is 9.72. The summed E-state index contributed by atoms with van der Waals surface area (Å²) in [6.45, 7) is 4.49. The van der Waals surface area contributed by atoms with Gasteiger partial charge in [-0.3, -0.25) is 0 Å². The summed E-state index contributed by atoms with van der Waals surface area (Å²) < 4.78 is 26.2. The lowest BCUT2D eigenvalue weighted by Gasteiger charge is -2.36. The Morgan fingerprint density at radius 1 is 1.21 bits per heavy atom. The van der Waals surface area contributed by atoms with Crippen LogP contribution in [0.25, 0.3) is 0 Å². The van der Waals surface area contributed by atoms with Gasteiger partial charge >= 0.3 is 0 Å². The number of benzene rings is 1. The molecule has 3 unspecified atom stereocenters. The molecule has 0 bridgehead atoms. The predicted octanol–water partition coefficient (Wildman–Crippen LogP) is 3.91. The first kappa shape index (κ1) is 14.4. The van der Waals surface area contributed by atoms with Crippen LogP contribution in [0.15, 0.2) is 18.2 Å². The maximum absolute atomic E-state index is 13.2. The lowest BCUT2D eigenvalue weighted by Crippen LogP contribution is -2.38. The van der Waals surface area contributed by atoms with Gasteiger partial charge in [0.25, 0.3) is 0 Å². The molecule has 0 amide bonds. The molecule has 1 aliphatic rings. The summed E-state index contributed by atoms with van der Waals surface area (Å²) in [5.41, 5.74) is 7.04. The zero-order chi connectivity index (χ0) is 14.0. The van der Waals surface area contributed by atoms with E-state index in [-0.39, 0.29) is 6.04 Å². The first-order chi connectivity index (χ1) is 8.97. The minimum absolute atomic E-state index is 0.183. The van der Waals surface area contributed by atoms with Gasteiger partial charge < -0.3 is 5.73 Å². The Labute approximate surface area is 114 Å². The highest BCUT2D eigenvalue weighted by Crippen LogP contribution is 2.34. The van der Waals surface area contributed by atoms with E-state index in [4.69, 9.17) is 5.73 Å². The van der Waals surface area contributed by atoms with Crippen molar-refractivity contribution in [2.24, 2.45) is 23.5 Å². The van der Waals surface area contributed by atoms with Crippen molar-refractivity contribution in [1.82, 2.24) is 0 Å². The zero-order valence-electron chi connectivity index (χ0n) is 11.7. The van der Waals surface area contributed by atoms with Crippen molar-refractivity contribution < 1.29 is 8.78 Å². The van der Waals surface area contributed by atoms with E-state index in [0.29, 0.717) is 17.8 Å². The summed E-state index contributed by atoms with van der Waals surface area (Å²) in [5, 5.41) is 0. The van der Waals surface area contributed by atoms with Crippen LogP contribution in [0, 0.1) is 29.4 Å². The van der Waals surface area contributed by atoms with E-state index >= 15 is 0 Å². The quantitative estimate of drug-likeness (QED) is 0.883. The standard InChI is InChI=1S/C16H23F2N/c1-10(2)12-4-6-16(19)13(9-12)7-11-3-5-14(17)15(18)8-11/h3,5,8,10,12-13,16H,4,6-7,9,19H2,1-2H3. The Bertz CT molecular complexity index is 431. The van der Waals surface area contributed by atoms with Gasteiger partial charge in [-0.2, -0.15) is 0 Å². The van der Waals surface area contributed by atoms with Crippen LogP contribution >= 0.6 is 0 Å². The van der Waals surface area contributed by atoms with Crippen LogP contribution in [-0.2, 0) is 6.42 Å². The fraction of sp³-hybridized carbons (Fsp3) is 0.625. The maximum atomic E-state index is 13.2. The van der Waals surface area contributed by atoms with Crippen LogP contribution in [0.5, 0.6) is 0 Å². The molecule has 19 heavy (non-hydrogen) atoms. The van der Waals surface area contributed by atoms with Crippen molar-refractivity contribution in [2.75, 3.05) is 0 Å². The van der Waals surface area contributed by atoms with E-state index in [2.05, 4.69) is 13.8 Å². The molecule has 0 radical (unpaired) electrons. The molecule has 0 aromatic heterocycles. The number of rotatable bonds is 3. The van der Waals surface area contributed by atoms with Gasteiger partial charge in [0.2, 0.25) is 0 Å². The second kappa shape index (κ2) is 6.00. The van der Waals surface area contributed by atoms with Crippen molar-refractivity contribution in [3.8, 4) is 0 Å². The van der Waals surface area contributed by atoms with E-state index in [0.717, 1.165) is 24.8 Å². The molecule has 3 heteroatoms. The van der Waals surface area contributed by atoms with E-state index in [1.54, 1.807) is 6.07 Å². The van der Waals surface area contributed by atoms with Crippen LogP contribution in [0.3, 0.4) is 0 Å². The average Bonchev–Trinajstić information content (AvgIpc) is 2.36. The molecule has 0 heterocycles. The molecule has 0 spiro atoms. The van der Waals surface area contributed by atoms with Crippen LogP contribution in [-0.4, -0.2) is 6.04 Å². The summed E-state index contributed by atoms with van der Waals surface area (Å²) in [6, 6.07) is 4.37. The topological polar surface area (TPSA) is 26.0 Å². The molecule has 1 saturated carbocycles. The first-order valence-corrected chi connectivity index (χ1v) is 7.17. The molecule has 1 aromatic carbocycles. The molecule has 3 atom stereocenters. The van der Waals surface area contributed by atoms with E-state index in [1.807, 2.05) is 0 Å². The van der Waals surface area contributed by atoms with Crippen molar-refractivity contribution in [3.05, 3.63) is 35.4 Å². The third-order valence-corrected chi connectivity index (χ3v) is 4.51. The first-order valence-electron chi connectivity index (χ1n) is 7.17. The van der Waals surface area contributed by atoms with Gasteiger partial charge in [0, 0.05) is 6.04 Å². The van der Waals surface area contributed by atoms with Gasteiger partial charge in [-0.05, 0) is 61.1 Å². The molecule has 1 fully saturated rings. The van der Waals surface area contributed by atoms with Crippen LogP contribution in [0.1, 0.15) is 38.7 Å². The lowest BCUT2D eigenvalue weighted by molar-refractivity contribution is 0.189. The van der Waals surface area contributed by atoms with Gasteiger partial charge in [0.1, 0.15) is 0 Å². The molecule has 1 aromatic rings. The Hall–Kier alpha value is -0.960. The Morgan fingerprint density at radius 2 is 1.95 bits per heavy atom. The van der Waals surface area contributed by atoms with Crippen molar-refractivity contribution >= 4 is 0 Å². The summed E-state index contributed by atoms with van der Waals surface area (Å²) in [5.74, 6) is 0.208. The molecule has 2 N–H and O–H groups in total. The highest BCUT2D eigenvalue weighted by atomic mass is 19.2. The van der Waals surface area contributed by atoms with E-state index in [9.17, 15) is 8.78 Å². The molecule has 0 saturated heterocycles. The van der Waals surface area contributed by atoms with Crippen LogP contribution in [0.4, 0.5) is 8.78 Å². The third kappa shape index (κ3) is 3.53. The average molecular weight is 267 g/mol. The molecular formula is C16H23F2N. The van der Waals surface area contributed by atoms with Gasteiger partial charge in [0.15, 0.2) is 11.6 Å². The number of hydrogen-bond acceptors (Lipinski definition) is 1. The molecular weight excluding hydrogens is 244 g/mol. The Kier molecular flexibility index (Phi) is 4.56. The van der Waals surface area contributed by atoms with Crippen molar-refractivity contribution in [1.29, 1.82) is 0 Å². The SMILES string of the molecule is CC(C)C1CCC(N)C(Cc2ccc(F)c(F)c2)C1. The smallest absolute Gasteiger partial charge is 0.159 e. The van der Waals surface area contributed by atoms with Crippen molar-refractivity contribution in [2.45, 2.75) is 45.6 Å². The molecule has 106 valence electrons. The van der Waals surface area contributed by atoms with Gasteiger partial charge in [-0.25, -0.2) is 8.78 Å². The largest absolute Gasteiger partial charge is 0.327 e. The van der Waals surface area contributed by atoms with Crippen molar-refractivity contribution in [3.63, 3.8) is 0 Å². The molecule has 2 rings (SSSR count). The minimum atomic E-state index is -0.781. The second-order valence-corrected chi connectivity index (χ2v) is 6.19. The number of nitrogens with two attached hydrogens (primary N) is 1. The van der Waals surface area contributed by atoms with E-state index < -0.39 is 11.6 Å². The van der Waals surface area contributed by atoms with Crippen LogP contribution < -0.4 is 5.73 Å². The second-order valence-electron chi connectivity index (χ2n) is 6.19. The normalized spacial score (nSPS) is 27.8. The fourth-order valence-corrected chi connectivity index (χ4v) is 3.13. The summed E-state index contributed by atoms with van der Waals surface area (Å²) >= 11 is 0. The third-order valence-electron chi connectivity index (χ3n) is 4.51. The molecule has 1 nitrogen and oxygen atoms in total. The highest BCUT2D eigenvalue weighted by molar-refractivity contribution is 5.18. The maximum Gasteiger partial charge on any atom is 0.159 e. The summed E-state index contributed by atoms with van der Waals surface area (Å²) in [4.78, 5) is 0. The molecule has 1 aliphatic carbocycles. The summed E-state index contributed by atoms with van der Waals surface area (Å²) in [6.07, 6.45) is 4.07. The van der Waals surface area contributed by atoms with Gasteiger partial charge in [-0.1, -0.05) is 19.9 Å². The van der Waals surface area contributed by atoms with Crippen LogP contribution in [0.2, 0.25) is 0 Å². The fourth-order valence-electron chi connectivity index (χ4n) is 3.13. The molecule has 0 aliphatic heterocycles. The zero-order valence-corrected chi connectivity index (χ0v) is 11.7. The summed E-state index contributed by atoms with van der Waals surface area (Å²) in [7, 11) is 0. The predicted molar refractivity (Wildman–Crippen MR) is 73.7 cm³/mol. The Morgan fingerprint density at radius 3 is 2.58 bits per heavy atom. The monoisotopic (exact) mass is 267 g/mol. The minimum Gasteiger partial charge on any atom is -0.327 e.